The first-order valence-electron chi connectivity index (χ1n) is 9.52. The van der Waals surface area contributed by atoms with Gasteiger partial charge in [-0.25, -0.2) is 4.98 Å². The summed E-state index contributed by atoms with van der Waals surface area (Å²) in [7, 11) is 0. The van der Waals surface area contributed by atoms with Gasteiger partial charge in [0, 0.05) is 42.8 Å². The number of nitrogens with one attached hydrogen (secondary N) is 1. The Morgan fingerprint density at radius 1 is 1.07 bits per heavy atom. The van der Waals surface area contributed by atoms with Crippen molar-refractivity contribution in [2.45, 2.75) is 20.0 Å². The quantitative estimate of drug-likeness (QED) is 0.527. The number of aromatic nitrogens is 3. The Hall–Kier alpha value is -3.67. The molecule has 0 aliphatic carbocycles. The van der Waals surface area contributed by atoms with Crippen LogP contribution in [0.15, 0.2) is 73.2 Å². The molecule has 4 aromatic rings. The summed E-state index contributed by atoms with van der Waals surface area (Å²) in [6, 6.07) is 16.9. The number of pyridine rings is 2. The number of hydrogen-bond donors (Lipinski definition) is 1. The van der Waals surface area contributed by atoms with Gasteiger partial charge in [0.1, 0.15) is 18.0 Å². The minimum atomic E-state index is -0.130. The molecule has 0 aliphatic rings. The Labute approximate surface area is 169 Å². The third-order valence-electron chi connectivity index (χ3n) is 4.52. The SMILES string of the molecule is Cc1ccc2nc(COc3cccc(C(=O)NCCc4ccccn4)c3)cn2c1. The van der Waals surface area contributed by atoms with Gasteiger partial charge in [0.2, 0.25) is 0 Å². The third-order valence-corrected chi connectivity index (χ3v) is 4.52. The summed E-state index contributed by atoms with van der Waals surface area (Å²) >= 11 is 0. The maximum atomic E-state index is 12.4. The topological polar surface area (TPSA) is 68.5 Å². The monoisotopic (exact) mass is 386 g/mol. The van der Waals surface area contributed by atoms with Crippen LogP contribution in [0, 0.1) is 6.92 Å². The number of nitrogens with zero attached hydrogens (tertiary/aromatic N) is 3. The molecule has 1 amide bonds. The van der Waals surface area contributed by atoms with Gasteiger partial charge in [0.15, 0.2) is 0 Å². The number of rotatable bonds is 7. The van der Waals surface area contributed by atoms with E-state index in [-0.39, 0.29) is 5.91 Å². The fraction of sp³-hybridized carbons (Fsp3) is 0.174. The molecular weight excluding hydrogens is 364 g/mol. The van der Waals surface area contributed by atoms with Crippen LogP contribution >= 0.6 is 0 Å². The highest BCUT2D eigenvalue weighted by atomic mass is 16.5. The lowest BCUT2D eigenvalue weighted by molar-refractivity contribution is 0.0953. The van der Waals surface area contributed by atoms with Crippen LogP contribution in [0.2, 0.25) is 0 Å². The molecule has 0 unspecified atom stereocenters. The molecule has 0 atom stereocenters. The van der Waals surface area contributed by atoms with Crippen LogP contribution in [0.5, 0.6) is 5.75 Å². The zero-order valence-electron chi connectivity index (χ0n) is 16.2. The molecule has 1 N–H and O–H groups in total. The average Bonchev–Trinajstić information content (AvgIpc) is 3.15. The number of carbonyl (C=O) groups is 1. The molecule has 4 rings (SSSR count). The number of amides is 1. The Bertz CT molecular complexity index is 1120. The van der Waals surface area contributed by atoms with Gasteiger partial charge in [0.25, 0.3) is 5.91 Å². The van der Waals surface area contributed by atoms with Crippen LogP contribution in [0.1, 0.15) is 27.3 Å². The second kappa shape index (κ2) is 8.56. The Morgan fingerprint density at radius 3 is 2.86 bits per heavy atom. The van der Waals surface area contributed by atoms with E-state index in [9.17, 15) is 4.79 Å². The standard InChI is InChI=1S/C23H22N4O2/c1-17-8-9-22-26-20(15-27(22)14-17)16-29-21-7-4-5-18(13-21)23(28)25-12-10-19-6-2-3-11-24-19/h2-9,11,13-15H,10,12,16H2,1H3,(H,25,28). The van der Waals surface area contributed by atoms with Gasteiger partial charge >= 0.3 is 0 Å². The van der Waals surface area contributed by atoms with Gasteiger partial charge in [-0.3, -0.25) is 9.78 Å². The van der Waals surface area contributed by atoms with Crippen molar-refractivity contribution in [1.29, 1.82) is 0 Å². The van der Waals surface area contributed by atoms with Gasteiger partial charge in [-0.2, -0.15) is 0 Å². The summed E-state index contributed by atoms with van der Waals surface area (Å²) in [6.07, 6.45) is 6.43. The van der Waals surface area contributed by atoms with Crippen LogP contribution in [-0.4, -0.2) is 26.8 Å². The Kier molecular flexibility index (Phi) is 5.52. The van der Waals surface area contributed by atoms with Gasteiger partial charge in [-0.05, 0) is 48.9 Å². The van der Waals surface area contributed by atoms with Crippen LogP contribution in [0.3, 0.4) is 0 Å². The summed E-state index contributed by atoms with van der Waals surface area (Å²) in [5.74, 6) is 0.505. The third kappa shape index (κ3) is 4.79. The Morgan fingerprint density at radius 2 is 2.00 bits per heavy atom. The first-order chi connectivity index (χ1) is 14.2. The zero-order chi connectivity index (χ0) is 20.1. The first kappa shape index (κ1) is 18.7. The molecule has 0 spiro atoms. The maximum absolute atomic E-state index is 12.4. The zero-order valence-corrected chi connectivity index (χ0v) is 16.2. The normalized spacial score (nSPS) is 10.8. The van der Waals surface area contributed by atoms with Crippen molar-refractivity contribution in [3.63, 3.8) is 0 Å². The largest absolute Gasteiger partial charge is 0.487 e. The molecule has 3 heterocycles. The predicted molar refractivity (Wildman–Crippen MR) is 111 cm³/mol. The van der Waals surface area contributed by atoms with E-state index in [0.29, 0.717) is 30.9 Å². The van der Waals surface area contributed by atoms with Crippen molar-refractivity contribution in [3.8, 4) is 5.75 Å². The first-order valence-corrected chi connectivity index (χ1v) is 9.52. The fourth-order valence-corrected chi connectivity index (χ4v) is 3.06. The van der Waals surface area contributed by atoms with E-state index in [2.05, 4.69) is 15.3 Å². The molecule has 29 heavy (non-hydrogen) atoms. The fourth-order valence-electron chi connectivity index (χ4n) is 3.06. The van der Waals surface area contributed by atoms with Crippen molar-refractivity contribution in [2.75, 3.05) is 6.54 Å². The van der Waals surface area contributed by atoms with Crippen molar-refractivity contribution >= 4 is 11.6 Å². The lowest BCUT2D eigenvalue weighted by atomic mass is 10.2. The van der Waals surface area contributed by atoms with E-state index in [1.165, 1.54) is 5.56 Å². The minimum Gasteiger partial charge on any atom is -0.487 e. The van der Waals surface area contributed by atoms with E-state index in [0.717, 1.165) is 17.0 Å². The van der Waals surface area contributed by atoms with Crippen molar-refractivity contribution in [1.82, 2.24) is 19.7 Å². The van der Waals surface area contributed by atoms with Crippen molar-refractivity contribution in [2.24, 2.45) is 0 Å². The molecule has 6 heteroatoms. The van der Waals surface area contributed by atoms with E-state index in [1.807, 2.05) is 66.2 Å². The lowest BCUT2D eigenvalue weighted by Gasteiger charge is -2.08. The molecular formula is C23H22N4O2. The highest BCUT2D eigenvalue weighted by Crippen LogP contribution is 2.16. The summed E-state index contributed by atoms with van der Waals surface area (Å²) < 4.78 is 7.84. The van der Waals surface area contributed by atoms with Gasteiger partial charge in [-0.1, -0.05) is 18.2 Å². The van der Waals surface area contributed by atoms with Crippen molar-refractivity contribution in [3.05, 3.63) is 95.7 Å². The number of benzene rings is 1. The molecule has 0 saturated heterocycles. The molecule has 0 saturated carbocycles. The highest BCUT2D eigenvalue weighted by molar-refractivity contribution is 5.94. The number of fused-ring (bicyclic) bond motifs is 1. The maximum Gasteiger partial charge on any atom is 0.251 e. The molecule has 6 nitrogen and oxygen atoms in total. The van der Waals surface area contributed by atoms with Crippen LogP contribution in [0.25, 0.3) is 5.65 Å². The number of ether oxygens (including phenoxy) is 1. The second-order valence-corrected chi connectivity index (χ2v) is 6.85. The number of imidazole rings is 1. The van der Waals surface area contributed by atoms with E-state index in [4.69, 9.17) is 4.74 Å². The number of aryl methyl sites for hydroxylation is 1. The summed E-state index contributed by atoms with van der Waals surface area (Å²) in [6.45, 7) is 2.91. The van der Waals surface area contributed by atoms with E-state index >= 15 is 0 Å². The highest BCUT2D eigenvalue weighted by Gasteiger charge is 2.08. The number of hydrogen-bond acceptors (Lipinski definition) is 4. The summed E-state index contributed by atoms with van der Waals surface area (Å²) in [4.78, 5) is 21.2. The van der Waals surface area contributed by atoms with Gasteiger partial charge in [0.05, 0.1) is 5.69 Å². The molecule has 146 valence electrons. The smallest absolute Gasteiger partial charge is 0.251 e. The van der Waals surface area contributed by atoms with Gasteiger partial charge in [-0.15, -0.1) is 0 Å². The Balaban J connectivity index is 1.34. The molecule has 0 aliphatic heterocycles. The number of carbonyl (C=O) groups excluding carboxylic acids is 1. The van der Waals surface area contributed by atoms with E-state index in [1.54, 1.807) is 18.3 Å². The molecule has 0 fully saturated rings. The summed E-state index contributed by atoms with van der Waals surface area (Å²) in [5.41, 5.74) is 4.40. The molecule has 1 aromatic carbocycles. The predicted octanol–water partition coefficient (Wildman–Crippen LogP) is 3.59. The van der Waals surface area contributed by atoms with Crippen LogP contribution in [0.4, 0.5) is 0 Å². The van der Waals surface area contributed by atoms with Crippen molar-refractivity contribution < 1.29 is 9.53 Å². The lowest BCUT2D eigenvalue weighted by Crippen LogP contribution is -2.25. The molecule has 0 bridgehead atoms. The molecule has 0 radical (unpaired) electrons. The average molecular weight is 386 g/mol. The van der Waals surface area contributed by atoms with Gasteiger partial charge < -0.3 is 14.5 Å². The van der Waals surface area contributed by atoms with Crippen LogP contribution < -0.4 is 10.1 Å². The second-order valence-electron chi connectivity index (χ2n) is 6.85. The van der Waals surface area contributed by atoms with Crippen LogP contribution in [-0.2, 0) is 13.0 Å². The summed E-state index contributed by atoms with van der Waals surface area (Å²) in [5, 5.41) is 2.92. The molecule has 3 aromatic heterocycles. The minimum absolute atomic E-state index is 0.130. The van der Waals surface area contributed by atoms with E-state index < -0.39 is 0 Å².